The minimum absolute atomic E-state index is 0.271. The first-order chi connectivity index (χ1) is 10.9. The van der Waals surface area contributed by atoms with E-state index in [4.69, 9.17) is 21.1 Å². The summed E-state index contributed by atoms with van der Waals surface area (Å²) < 4.78 is 57.0. The summed E-state index contributed by atoms with van der Waals surface area (Å²) in [6.45, 7) is 0.921. The van der Waals surface area contributed by atoms with Gasteiger partial charge >= 0.3 is 12.0 Å². The van der Waals surface area contributed by atoms with E-state index in [1.165, 1.54) is 0 Å². The van der Waals surface area contributed by atoms with Crippen LogP contribution < -0.4 is 5.32 Å². The lowest BCUT2D eigenvalue weighted by molar-refractivity contribution is -0.0544. The van der Waals surface area contributed by atoms with Crippen LogP contribution in [0.2, 0.25) is 5.28 Å². The Balaban J connectivity index is 2.74. The summed E-state index contributed by atoms with van der Waals surface area (Å²) in [5.74, 6) is -4.81. The van der Waals surface area contributed by atoms with Crippen molar-refractivity contribution in [2.24, 2.45) is 0 Å². The summed E-state index contributed by atoms with van der Waals surface area (Å²) in [5, 5.41) is 9.07. The maximum Gasteiger partial charge on any atom is 0.405 e. The molecule has 0 aliphatic carbocycles. The van der Waals surface area contributed by atoms with Gasteiger partial charge in [0, 0.05) is 6.26 Å². The summed E-state index contributed by atoms with van der Waals surface area (Å²) in [6, 6.07) is -1.86. The quantitative estimate of drug-likeness (QED) is 0.544. The van der Waals surface area contributed by atoms with Gasteiger partial charge in [0.2, 0.25) is 10.3 Å². The highest BCUT2D eigenvalue weighted by Gasteiger charge is 2.46. The van der Waals surface area contributed by atoms with Crippen LogP contribution in [0.1, 0.15) is 12.7 Å². The van der Waals surface area contributed by atoms with Crippen molar-refractivity contribution in [3.05, 3.63) is 15.5 Å². The second kappa shape index (κ2) is 6.08. The van der Waals surface area contributed by atoms with Gasteiger partial charge in [0.05, 0.1) is 4.47 Å². The molecular weight excluding hydrogens is 440 g/mol. The van der Waals surface area contributed by atoms with Gasteiger partial charge in [-0.3, -0.25) is 0 Å². The van der Waals surface area contributed by atoms with Gasteiger partial charge < -0.3 is 14.8 Å². The van der Waals surface area contributed by atoms with Crippen LogP contribution in [0, 0.1) is 0 Å². The number of hydrogen-bond acceptors (Lipinski definition) is 6. The first kappa shape index (κ1) is 18.8. The highest BCUT2D eigenvalue weighted by Crippen LogP contribution is 2.43. The number of hydrogen-bond donors (Lipinski definition) is 2. The van der Waals surface area contributed by atoms with Crippen molar-refractivity contribution in [3.63, 3.8) is 0 Å². The van der Waals surface area contributed by atoms with Gasteiger partial charge in [-0.2, -0.15) is 8.78 Å². The summed E-state index contributed by atoms with van der Waals surface area (Å²) in [5.41, 5.74) is -0.779. The molecule has 1 unspecified atom stereocenters. The van der Waals surface area contributed by atoms with Crippen LogP contribution in [0.4, 0.5) is 13.6 Å². The number of fused-ring (bicyclic) bond motifs is 1. The van der Waals surface area contributed by atoms with Crippen molar-refractivity contribution >= 4 is 54.6 Å². The van der Waals surface area contributed by atoms with Crippen LogP contribution in [0.3, 0.4) is 0 Å². The van der Waals surface area contributed by atoms with Gasteiger partial charge in [-0.25, -0.2) is 23.2 Å². The minimum atomic E-state index is -3.94. The summed E-state index contributed by atoms with van der Waals surface area (Å²) >= 11 is 8.49. The number of amides is 1. The highest BCUT2D eigenvalue weighted by atomic mass is 79.9. The molecular formula is C11H9BrClF2N3O5S. The number of carboxylic acid groups (broad SMARTS) is 1. The molecule has 0 saturated heterocycles. The third-order valence-corrected chi connectivity index (χ3v) is 4.84. The van der Waals surface area contributed by atoms with Crippen LogP contribution >= 0.6 is 27.5 Å². The highest BCUT2D eigenvalue weighted by molar-refractivity contribution is 9.10. The molecule has 2 rings (SSSR count). The normalized spacial score (nSPS) is 13.9. The molecule has 0 aliphatic rings. The van der Waals surface area contributed by atoms with Crippen molar-refractivity contribution < 1.29 is 31.5 Å². The van der Waals surface area contributed by atoms with Crippen LogP contribution in [0.5, 0.6) is 0 Å². The zero-order valence-corrected chi connectivity index (χ0v) is 15.1. The Bertz CT molecular complexity index is 933. The number of furan rings is 1. The second-order valence-electron chi connectivity index (χ2n) is 4.79. The van der Waals surface area contributed by atoms with Crippen LogP contribution in [0.25, 0.3) is 11.1 Å². The molecule has 0 spiro atoms. The van der Waals surface area contributed by atoms with Crippen LogP contribution in [-0.2, 0) is 15.8 Å². The third kappa shape index (κ3) is 3.30. The first-order valence-corrected chi connectivity index (χ1v) is 9.15. The van der Waals surface area contributed by atoms with E-state index < -0.39 is 49.5 Å². The molecule has 8 nitrogen and oxygen atoms in total. The number of carbonyl (C=O) groups is 1. The van der Waals surface area contributed by atoms with Crippen molar-refractivity contribution in [2.75, 3.05) is 6.26 Å². The lowest BCUT2D eigenvalue weighted by atomic mass is 10.1. The van der Waals surface area contributed by atoms with Crippen molar-refractivity contribution in [2.45, 2.75) is 23.9 Å². The van der Waals surface area contributed by atoms with E-state index in [2.05, 4.69) is 25.9 Å². The van der Waals surface area contributed by atoms with Crippen molar-refractivity contribution in [1.82, 2.24) is 15.3 Å². The van der Waals surface area contributed by atoms with Crippen LogP contribution in [0.15, 0.2) is 13.9 Å². The van der Waals surface area contributed by atoms with Crippen LogP contribution in [-0.4, -0.2) is 41.9 Å². The predicted molar refractivity (Wildman–Crippen MR) is 82.1 cm³/mol. The average molecular weight is 449 g/mol. The van der Waals surface area contributed by atoms with Gasteiger partial charge in [0.25, 0.3) is 0 Å². The number of sulfone groups is 1. The maximum absolute atomic E-state index is 14.5. The zero-order valence-electron chi connectivity index (χ0n) is 12.0. The number of rotatable bonds is 4. The average Bonchev–Trinajstić information content (AvgIpc) is 2.74. The molecule has 2 aromatic rings. The largest absolute Gasteiger partial charge is 0.465 e. The van der Waals surface area contributed by atoms with Gasteiger partial charge in [0.15, 0.2) is 21.2 Å². The lowest BCUT2D eigenvalue weighted by Crippen LogP contribution is -2.43. The molecule has 0 aliphatic heterocycles. The fourth-order valence-electron chi connectivity index (χ4n) is 1.84. The van der Waals surface area contributed by atoms with Crippen molar-refractivity contribution in [3.8, 4) is 0 Å². The number of halogens is 4. The molecule has 0 aromatic carbocycles. The number of aromatic nitrogens is 2. The van der Waals surface area contributed by atoms with Gasteiger partial charge in [-0.1, -0.05) is 0 Å². The Labute approximate surface area is 147 Å². The van der Waals surface area contributed by atoms with E-state index in [1.807, 2.05) is 0 Å². The van der Waals surface area contributed by atoms with E-state index in [1.54, 1.807) is 5.32 Å². The fraction of sp³-hybridized carbons (Fsp3) is 0.364. The lowest BCUT2D eigenvalue weighted by Gasteiger charge is -2.21. The Hall–Kier alpha value is -1.53. The molecule has 0 bridgehead atoms. The van der Waals surface area contributed by atoms with Gasteiger partial charge in [-0.15, -0.1) is 0 Å². The SMILES string of the molecule is CC(NC(=O)O)C(F)(F)c1oc2c(S(C)(=O)=O)nc(Cl)nc2c1Br. The molecule has 0 saturated carbocycles. The molecule has 2 aromatic heterocycles. The second-order valence-corrected chi connectivity index (χ2v) is 7.85. The minimum Gasteiger partial charge on any atom is -0.465 e. The standard InChI is InChI=1S/C11H9BrClF2N3O5S/c1-3(16-10(19)20)11(14,15)7-4(12)5-6(23-7)8(24(2,21)22)18-9(13)17-5/h3,16H,1-2H3,(H,19,20). The van der Waals surface area contributed by atoms with E-state index in [9.17, 15) is 22.0 Å². The van der Waals surface area contributed by atoms with E-state index in [0.717, 1.165) is 13.2 Å². The fourth-order valence-corrected chi connectivity index (χ4v) is 3.40. The molecule has 0 fully saturated rings. The molecule has 132 valence electrons. The zero-order chi connectivity index (χ0) is 18.4. The smallest absolute Gasteiger partial charge is 0.405 e. The van der Waals surface area contributed by atoms with Crippen molar-refractivity contribution in [1.29, 1.82) is 0 Å². The van der Waals surface area contributed by atoms with Gasteiger partial charge in [0.1, 0.15) is 11.6 Å². The topological polar surface area (TPSA) is 122 Å². The number of alkyl halides is 2. The van der Waals surface area contributed by atoms with E-state index in [-0.39, 0.29) is 9.99 Å². The molecule has 1 amide bonds. The Kier molecular flexibility index (Phi) is 4.76. The maximum atomic E-state index is 14.5. The third-order valence-electron chi connectivity index (χ3n) is 2.96. The molecule has 0 radical (unpaired) electrons. The molecule has 13 heteroatoms. The summed E-state index contributed by atoms with van der Waals surface area (Å²) in [6.07, 6.45) is -0.859. The van der Waals surface area contributed by atoms with E-state index in [0.29, 0.717) is 0 Å². The Morgan fingerprint density at radius 3 is 2.54 bits per heavy atom. The number of nitrogens with zero attached hydrogens (tertiary/aromatic N) is 2. The summed E-state index contributed by atoms with van der Waals surface area (Å²) in [7, 11) is -3.94. The number of nitrogens with one attached hydrogen (secondary N) is 1. The molecule has 2 heterocycles. The molecule has 1 atom stereocenters. The predicted octanol–water partition coefficient (Wildman–Crippen LogP) is 2.79. The Morgan fingerprint density at radius 1 is 1.46 bits per heavy atom. The summed E-state index contributed by atoms with van der Waals surface area (Å²) in [4.78, 5) is 17.8. The Morgan fingerprint density at radius 2 is 2.04 bits per heavy atom. The van der Waals surface area contributed by atoms with Gasteiger partial charge in [-0.05, 0) is 34.5 Å². The van der Waals surface area contributed by atoms with E-state index >= 15 is 0 Å². The molecule has 2 N–H and O–H groups in total. The monoisotopic (exact) mass is 447 g/mol. The first-order valence-electron chi connectivity index (χ1n) is 6.09. The molecule has 24 heavy (non-hydrogen) atoms.